The molecule has 6 heteroatoms. The van der Waals surface area contributed by atoms with Gasteiger partial charge in [0, 0.05) is 24.1 Å². The number of nitrogens with one attached hydrogen (secondary N) is 1. The highest BCUT2D eigenvalue weighted by atomic mass is 16.5. The molecule has 0 heterocycles. The van der Waals surface area contributed by atoms with Crippen LogP contribution in [0.15, 0.2) is 18.2 Å². The van der Waals surface area contributed by atoms with Crippen LogP contribution >= 0.6 is 0 Å². The van der Waals surface area contributed by atoms with Crippen LogP contribution < -0.4 is 14.8 Å². The molecule has 1 aromatic rings. The number of methoxy groups -OCH3 is 2. The maximum Gasteiger partial charge on any atom is 0.238 e. The van der Waals surface area contributed by atoms with E-state index in [-0.39, 0.29) is 11.3 Å². The van der Waals surface area contributed by atoms with E-state index < -0.39 is 0 Å². The van der Waals surface area contributed by atoms with Gasteiger partial charge in [0.25, 0.3) is 0 Å². The third-order valence-corrected chi connectivity index (χ3v) is 6.62. The molecule has 29 heavy (non-hydrogen) atoms. The van der Waals surface area contributed by atoms with Crippen LogP contribution in [-0.2, 0) is 9.53 Å². The van der Waals surface area contributed by atoms with Crippen LogP contribution in [0.3, 0.4) is 0 Å². The second-order valence-corrected chi connectivity index (χ2v) is 8.22. The Labute approximate surface area is 174 Å². The van der Waals surface area contributed by atoms with E-state index in [0.29, 0.717) is 35.9 Å². The molecule has 0 saturated heterocycles. The van der Waals surface area contributed by atoms with Gasteiger partial charge in [0.15, 0.2) is 0 Å². The third-order valence-electron chi connectivity index (χ3n) is 6.62. The Morgan fingerprint density at radius 2 is 1.97 bits per heavy atom. The summed E-state index contributed by atoms with van der Waals surface area (Å²) in [5.41, 5.74) is 0.878. The zero-order chi connectivity index (χ0) is 20.9. The number of nitrogens with zero attached hydrogens (tertiary/aromatic N) is 1. The Hall–Kier alpha value is -1.79. The quantitative estimate of drug-likeness (QED) is 0.636. The van der Waals surface area contributed by atoms with E-state index in [1.807, 2.05) is 12.1 Å². The Kier molecular flexibility index (Phi) is 7.41. The molecule has 2 saturated carbocycles. The minimum absolute atomic E-state index is 0.0157. The van der Waals surface area contributed by atoms with Crippen LogP contribution in [0.2, 0.25) is 0 Å². The molecule has 0 radical (unpaired) electrons. The molecular weight excluding hydrogens is 368 g/mol. The fourth-order valence-corrected chi connectivity index (χ4v) is 5.28. The number of hydrogen-bond donors (Lipinski definition) is 1. The fourth-order valence-electron chi connectivity index (χ4n) is 5.28. The van der Waals surface area contributed by atoms with Gasteiger partial charge in [0.2, 0.25) is 5.91 Å². The number of rotatable bonds is 10. The van der Waals surface area contributed by atoms with Crippen LogP contribution in [0.25, 0.3) is 0 Å². The fraction of sp³-hybridized carbons (Fsp3) is 0.696. The first-order chi connectivity index (χ1) is 14.1. The Balaban J connectivity index is 1.70. The summed E-state index contributed by atoms with van der Waals surface area (Å²) in [6.45, 7) is 6.33. The molecule has 1 aromatic carbocycles. The van der Waals surface area contributed by atoms with Crippen molar-refractivity contribution in [2.24, 2.45) is 5.41 Å². The molecule has 2 aliphatic rings. The average Bonchev–Trinajstić information content (AvgIpc) is 3.23. The standard InChI is InChI=1S/C23H36N2O4/c1-5-13-25(20-15-21(29-6-2)23(20)11-7-8-12-23)16-22(26)24-18-14-17(27-3)9-10-19(18)28-4/h9-10,14,20-21H,5-8,11-13,15-16H2,1-4H3,(H,24,26)/t20-,21-/m0/s1. The summed E-state index contributed by atoms with van der Waals surface area (Å²) in [5, 5.41) is 3.03. The van der Waals surface area contributed by atoms with Crippen LogP contribution in [0.4, 0.5) is 5.69 Å². The molecule has 0 aromatic heterocycles. The van der Waals surface area contributed by atoms with Crippen molar-refractivity contribution in [1.29, 1.82) is 0 Å². The number of benzene rings is 1. The van der Waals surface area contributed by atoms with E-state index in [1.165, 1.54) is 25.7 Å². The first-order valence-corrected chi connectivity index (χ1v) is 11.0. The lowest BCUT2D eigenvalue weighted by Gasteiger charge is -2.57. The van der Waals surface area contributed by atoms with Crippen LogP contribution in [0.5, 0.6) is 11.5 Å². The van der Waals surface area contributed by atoms with Gasteiger partial charge in [-0.3, -0.25) is 9.69 Å². The summed E-state index contributed by atoms with van der Waals surface area (Å²) in [4.78, 5) is 15.3. The van der Waals surface area contributed by atoms with E-state index in [9.17, 15) is 4.79 Å². The Morgan fingerprint density at radius 3 is 2.59 bits per heavy atom. The van der Waals surface area contributed by atoms with Gasteiger partial charge >= 0.3 is 0 Å². The number of carbonyl (C=O) groups excluding carboxylic acids is 1. The molecule has 162 valence electrons. The highest BCUT2D eigenvalue weighted by Gasteiger charge is 2.58. The summed E-state index contributed by atoms with van der Waals surface area (Å²) in [6.07, 6.45) is 7.38. The van der Waals surface area contributed by atoms with Gasteiger partial charge in [-0.15, -0.1) is 0 Å². The normalized spacial score (nSPS) is 22.5. The number of carbonyl (C=O) groups is 1. The van der Waals surface area contributed by atoms with Crippen molar-refractivity contribution in [3.63, 3.8) is 0 Å². The average molecular weight is 405 g/mol. The summed E-state index contributed by atoms with van der Waals surface area (Å²) in [7, 11) is 3.22. The predicted molar refractivity (Wildman–Crippen MR) is 115 cm³/mol. The first-order valence-electron chi connectivity index (χ1n) is 11.0. The molecule has 1 spiro atoms. The lowest BCUT2D eigenvalue weighted by atomic mass is 9.60. The zero-order valence-corrected chi connectivity index (χ0v) is 18.3. The second kappa shape index (κ2) is 9.81. The summed E-state index contributed by atoms with van der Waals surface area (Å²) in [6, 6.07) is 5.86. The van der Waals surface area contributed by atoms with Gasteiger partial charge < -0.3 is 19.5 Å². The van der Waals surface area contributed by atoms with Gasteiger partial charge in [0.1, 0.15) is 11.5 Å². The zero-order valence-electron chi connectivity index (χ0n) is 18.3. The van der Waals surface area contributed by atoms with Crippen molar-refractivity contribution in [3.05, 3.63) is 18.2 Å². The predicted octanol–water partition coefficient (Wildman–Crippen LogP) is 4.09. The maximum atomic E-state index is 12.9. The van der Waals surface area contributed by atoms with Crippen molar-refractivity contribution in [2.75, 3.05) is 39.2 Å². The second-order valence-electron chi connectivity index (χ2n) is 8.22. The summed E-state index contributed by atoms with van der Waals surface area (Å²) >= 11 is 0. The molecule has 2 atom stereocenters. The van der Waals surface area contributed by atoms with E-state index in [2.05, 4.69) is 24.1 Å². The SMILES string of the molecule is CCCN(CC(=O)Nc1cc(OC)ccc1OC)[C@H]1C[C@H](OCC)C12CCCC2. The monoisotopic (exact) mass is 404 g/mol. The molecule has 2 aliphatic carbocycles. The van der Waals surface area contributed by atoms with Gasteiger partial charge in [-0.2, -0.15) is 0 Å². The summed E-state index contributed by atoms with van der Waals surface area (Å²) < 4.78 is 16.8. The van der Waals surface area contributed by atoms with Gasteiger partial charge in [0.05, 0.1) is 32.6 Å². The van der Waals surface area contributed by atoms with Crippen molar-refractivity contribution in [2.45, 2.75) is 64.5 Å². The maximum absolute atomic E-state index is 12.9. The third kappa shape index (κ3) is 4.53. The highest BCUT2D eigenvalue weighted by molar-refractivity contribution is 5.94. The van der Waals surface area contributed by atoms with Gasteiger partial charge in [-0.1, -0.05) is 19.8 Å². The van der Waals surface area contributed by atoms with Crippen molar-refractivity contribution < 1.29 is 19.0 Å². The topological polar surface area (TPSA) is 60.0 Å². The van der Waals surface area contributed by atoms with E-state index in [1.54, 1.807) is 20.3 Å². The molecule has 1 N–H and O–H groups in total. The molecule has 0 unspecified atom stereocenters. The van der Waals surface area contributed by atoms with E-state index in [0.717, 1.165) is 26.0 Å². The van der Waals surface area contributed by atoms with Crippen molar-refractivity contribution >= 4 is 11.6 Å². The van der Waals surface area contributed by atoms with Gasteiger partial charge in [-0.25, -0.2) is 0 Å². The van der Waals surface area contributed by atoms with Crippen LogP contribution in [0.1, 0.15) is 52.4 Å². The summed E-state index contributed by atoms with van der Waals surface area (Å²) in [5.74, 6) is 1.31. The van der Waals surface area contributed by atoms with Crippen molar-refractivity contribution in [1.82, 2.24) is 4.90 Å². The number of ether oxygens (including phenoxy) is 3. The van der Waals surface area contributed by atoms with Gasteiger partial charge in [-0.05, 0) is 51.3 Å². The van der Waals surface area contributed by atoms with Crippen molar-refractivity contribution in [3.8, 4) is 11.5 Å². The molecule has 0 bridgehead atoms. The Bertz CT molecular complexity index is 687. The van der Waals surface area contributed by atoms with E-state index >= 15 is 0 Å². The molecule has 0 aliphatic heterocycles. The first kappa shape index (κ1) is 21.9. The molecule has 1 amide bonds. The Morgan fingerprint density at radius 1 is 1.21 bits per heavy atom. The number of anilines is 1. The lowest BCUT2D eigenvalue weighted by Crippen LogP contribution is -2.64. The number of amides is 1. The molecule has 3 rings (SSSR count). The highest BCUT2D eigenvalue weighted by Crippen LogP contribution is 2.56. The number of hydrogen-bond acceptors (Lipinski definition) is 5. The molecular formula is C23H36N2O4. The minimum Gasteiger partial charge on any atom is -0.497 e. The van der Waals surface area contributed by atoms with Crippen LogP contribution in [-0.4, -0.2) is 56.9 Å². The largest absolute Gasteiger partial charge is 0.497 e. The van der Waals surface area contributed by atoms with Crippen LogP contribution in [0, 0.1) is 5.41 Å². The van der Waals surface area contributed by atoms with E-state index in [4.69, 9.17) is 14.2 Å². The molecule has 2 fully saturated rings. The lowest BCUT2D eigenvalue weighted by molar-refractivity contribution is -0.166. The smallest absolute Gasteiger partial charge is 0.238 e. The minimum atomic E-state index is -0.0157. The molecule has 6 nitrogen and oxygen atoms in total.